The first-order valence-corrected chi connectivity index (χ1v) is 7.75. The largest absolute Gasteiger partial charge is 0.449 e. The number of nitrogens with one attached hydrogen (secondary N) is 1. The predicted octanol–water partition coefficient (Wildman–Crippen LogP) is 4.09. The zero-order valence-electron chi connectivity index (χ0n) is 12.9. The van der Waals surface area contributed by atoms with Crippen molar-refractivity contribution in [2.24, 2.45) is 0 Å². The average molecular weight is 383 g/mol. The molecule has 0 spiro atoms. The molecule has 0 saturated heterocycles. The lowest BCUT2D eigenvalue weighted by molar-refractivity contribution is -0.384. The highest BCUT2D eigenvalue weighted by Gasteiger charge is 2.23. The van der Waals surface area contributed by atoms with Gasteiger partial charge in [0.05, 0.1) is 26.2 Å². The topological polar surface area (TPSA) is 98.5 Å². The number of nitrogens with zero attached hydrogens (tertiary/aromatic N) is 1. The lowest BCUT2D eigenvalue weighted by atomic mass is 10.2. The first-order chi connectivity index (χ1) is 11.8. The molecule has 9 heteroatoms. The zero-order chi connectivity index (χ0) is 18.6. The van der Waals surface area contributed by atoms with Gasteiger partial charge in [0, 0.05) is 12.1 Å². The normalized spacial score (nSPS) is 11.5. The molecule has 0 aliphatic heterocycles. The van der Waals surface area contributed by atoms with Gasteiger partial charge in [-0.25, -0.2) is 4.79 Å². The molecule has 0 radical (unpaired) electrons. The van der Waals surface area contributed by atoms with Gasteiger partial charge in [-0.1, -0.05) is 35.3 Å². The van der Waals surface area contributed by atoms with Gasteiger partial charge < -0.3 is 10.1 Å². The van der Waals surface area contributed by atoms with E-state index in [1.165, 1.54) is 13.0 Å². The Bertz CT molecular complexity index is 841. The summed E-state index contributed by atoms with van der Waals surface area (Å²) >= 11 is 11.8. The summed E-state index contributed by atoms with van der Waals surface area (Å²) in [4.78, 5) is 34.4. The van der Waals surface area contributed by atoms with E-state index >= 15 is 0 Å². The molecule has 0 aliphatic rings. The molecule has 1 atom stereocenters. The summed E-state index contributed by atoms with van der Waals surface area (Å²) in [6.45, 7) is 1.36. The smallest absolute Gasteiger partial charge is 0.340 e. The van der Waals surface area contributed by atoms with E-state index in [9.17, 15) is 19.7 Å². The Morgan fingerprint density at radius 3 is 2.48 bits per heavy atom. The number of amides is 1. The summed E-state index contributed by atoms with van der Waals surface area (Å²) in [5, 5.41) is 13.6. The highest BCUT2D eigenvalue weighted by Crippen LogP contribution is 2.24. The van der Waals surface area contributed by atoms with Gasteiger partial charge in [0.1, 0.15) is 0 Å². The van der Waals surface area contributed by atoms with Crippen molar-refractivity contribution in [3.8, 4) is 0 Å². The number of nitro benzene ring substituents is 1. The van der Waals surface area contributed by atoms with E-state index < -0.39 is 22.9 Å². The summed E-state index contributed by atoms with van der Waals surface area (Å²) in [5.41, 5.74) is -0.150. The van der Waals surface area contributed by atoms with E-state index in [0.29, 0.717) is 10.7 Å². The van der Waals surface area contributed by atoms with Crippen LogP contribution in [0.5, 0.6) is 0 Å². The molecule has 0 heterocycles. The first-order valence-electron chi connectivity index (χ1n) is 7.00. The number of carbonyl (C=O) groups excluding carboxylic acids is 2. The van der Waals surface area contributed by atoms with Crippen molar-refractivity contribution in [2.45, 2.75) is 13.0 Å². The molecule has 2 rings (SSSR count). The van der Waals surface area contributed by atoms with Crippen LogP contribution in [0.1, 0.15) is 17.3 Å². The number of carbonyl (C=O) groups is 2. The minimum atomic E-state index is -1.17. The highest BCUT2D eigenvalue weighted by atomic mass is 35.5. The number of benzene rings is 2. The van der Waals surface area contributed by atoms with Gasteiger partial charge in [-0.15, -0.1) is 0 Å². The maximum Gasteiger partial charge on any atom is 0.340 e. The SMILES string of the molecule is C[C@@H](OC(=O)c1cc([N+](=O)[O-])ccc1Cl)C(=O)Nc1ccccc1Cl. The monoisotopic (exact) mass is 382 g/mol. The number of halogens is 2. The van der Waals surface area contributed by atoms with E-state index in [4.69, 9.17) is 27.9 Å². The third kappa shape index (κ3) is 4.68. The Hall–Kier alpha value is -2.64. The van der Waals surface area contributed by atoms with E-state index in [1.54, 1.807) is 24.3 Å². The van der Waals surface area contributed by atoms with Crippen molar-refractivity contribution in [1.82, 2.24) is 0 Å². The second kappa shape index (κ2) is 7.96. The number of hydrogen-bond donors (Lipinski definition) is 1. The summed E-state index contributed by atoms with van der Waals surface area (Å²) in [6, 6.07) is 9.93. The molecule has 0 unspecified atom stereocenters. The summed E-state index contributed by atoms with van der Waals surface area (Å²) in [5.74, 6) is -1.56. The summed E-state index contributed by atoms with van der Waals surface area (Å²) < 4.78 is 5.02. The van der Waals surface area contributed by atoms with Crippen molar-refractivity contribution in [3.63, 3.8) is 0 Å². The van der Waals surface area contributed by atoms with Gasteiger partial charge >= 0.3 is 5.97 Å². The highest BCUT2D eigenvalue weighted by molar-refractivity contribution is 6.34. The van der Waals surface area contributed by atoms with Crippen molar-refractivity contribution in [2.75, 3.05) is 5.32 Å². The third-order valence-corrected chi connectivity index (χ3v) is 3.82. The number of esters is 1. The maximum atomic E-state index is 12.1. The Kier molecular flexibility index (Phi) is 5.95. The molecule has 0 aliphatic carbocycles. The first kappa shape index (κ1) is 18.7. The Labute approximate surface area is 152 Å². The molecule has 2 aromatic carbocycles. The quantitative estimate of drug-likeness (QED) is 0.477. The predicted molar refractivity (Wildman–Crippen MR) is 93.1 cm³/mol. The van der Waals surface area contributed by atoms with Crippen molar-refractivity contribution in [1.29, 1.82) is 0 Å². The number of hydrogen-bond acceptors (Lipinski definition) is 5. The molecular formula is C16H12Cl2N2O5. The van der Waals surface area contributed by atoms with Crippen LogP contribution >= 0.6 is 23.2 Å². The lowest BCUT2D eigenvalue weighted by Gasteiger charge is -2.14. The van der Waals surface area contributed by atoms with E-state index in [-0.39, 0.29) is 16.3 Å². The van der Waals surface area contributed by atoms with Crippen LogP contribution < -0.4 is 5.32 Å². The minimum absolute atomic E-state index is 0.0192. The van der Waals surface area contributed by atoms with Crippen LogP contribution in [0, 0.1) is 10.1 Å². The van der Waals surface area contributed by atoms with Crippen LogP contribution in [0.3, 0.4) is 0 Å². The number of non-ortho nitro benzene ring substituents is 1. The Balaban J connectivity index is 2.09. The molecule has 0 fully saturated rings. The van der Waals surface area contributed by atoms with Crippen molar-refractivity contribution in [3.05, 3.63) is 68.2 Å². The molecule has 7 nitrogen and oxygen atoms in total. The van der Waals surface area contributed by atoms with E-state index in [1.807, 2.05) is 0 Å². The molecule has 0 bridgehead atoms. The second-order valence-electron chi connectivity index (χ2n) is 4.94. The van der Waals surface area contributed by atoms with Crippen LogP contribution in [0.25, 0.3) is 0 Å². The molecule has 130 valence electrons. The molecule has 0 saturated carbocycles. The molecule has 2 aromatic rings. The van der Waals surface area contributed by atoms with Crippen LogP contribution in [0.4, 0.5) is 11.4 Å². The van der Waals surface area contributed by atoms with Crippen LogP contribution in [0.15, 0.2) is 42.5 Å². The van der Waals surface area contributed by atoms with Crippen LogP contribution in [-0.4, -0.2) is 22.9 Å². The average Bonchev–Trinajstić information content (AvgIpc) is 2.56. The number of para-hydroxylation sites is 1. The number of ether oxygens (including phenoxy) is 1. The van der Waals surface area contributed by atoms with Crippen molar-refractivity contribution >= 4 is 46.5 Å². The van der Waals surface area contributed by atoms with E-state index in [2.05, 4.69) is 5.32 Å². The molecule has 25 heavy (non-hydrogen) atoms. The number of nitro groups is 1. The fourth-order valence-corrected chi connectivity index (χ4v) is 2.24. The van der Waals surface area contributed by atoms with Gasteiger partial charge in [0.2, 0.25) is 0 Å². The van der Waals surface area contributed by atoms with Crippen molar-refractivity contribution < 1.29 is 19.2 Å². The summed E-state index contributed by atoms with van der Waals surface area (Å²) in [7, 11) is 0. The van der Waals surface area contributed by atoms with Gasteiger partial charge in [-0.05, 0) is 25.1 Å². The molecule has 0 aromatic heterocycles. The maximum absolute atomic E-state index is 12.1. The second-order valence-corrected chi connectivity index (χ2v) is 5.75. The van der Waals surface area contributed by atoms with Gasteiger partial charge in [-0.2, -0.15) is 0 Å². The van der Waals surface area contributed by atoms with E-state index in [0.717, 1.165) is 12.1 Å². The van der Waals surface area contributed by atoms with Gasteiger partial charge in [0.15, 0.2) is 6.10 Å². The number of anilines is 1. The third-order valence-electron chi connectivity index (χ3n) is 3.17. The number of rotatable bonds is 5. The fraction of sp³-hybridized carbons (Fsp3) is 0.125. The van der Waals surface area contributed by atoms with Crippen LogP contribution in [0.2, 0.25) is 10.0 Å². The molecule has 1 amide bonds. The van der Waals surface area contributed by atoms with Gasteiger partial charge in [0.25, 0.3) is 11.6 Å². The lowest BCUT2D eigenvalue weighted by Crippen LogP contribution is -2.30. The molecular weight excluding hydrogens is 371 g/mol. The van der Waals surface area contributed by atoms with Gasteiger partial charge in [-0.3, -0.25) is 14.9 Å². The zero-order valence-corrected chi connectivity index (χ0v) is 14.4. The molecule has 1 N–H and O–H groups in total. The standard InChI is InChI=1S/C16H12Cl2N2O5/c1-9(15(21)19-14-5-3-2-4-13(14)18)25-16(22)11-8-10(20(23)24)6-7-12(11)17/h2-9H,1H3,(H,19,21)/t9-/m1/s1. The Morgan fingerprint density at radius 1 is 1.16 bits per heavy atom. The summed E-state index contributed by atoms with van der Waals surface area (Å²) in [6.07, 6.45) is -1.17. The fourth-order valence-electron chi connectivity index (χ4n) is 1.86. The minimum Gasteiger partial charge on any atom is -0.449 e. The Morgan fingerprint density at radius 2 is 1.84 bits per heavy atom. The van der Waals surface area contributed by atoms with Crippen LogP contribution in [-0.2, 0) is 9.53 Å².